The molecular formula is C31H29F3N4O2. The van der Waals surface area contributed by atoms with Crippen LogP contribution in [0.2, 0.25) is 0 Å². The van der Waals surface area contributed by atoms with Crippen molar-refractivity contribution in [2.75, 3.05) is 0 Å². The number of aromatic amines is 1. The molecule has 0 aliphatic heterocycles. The van der Waals surface area contributed by atoms with Crippen LogP contribution >= 0.6 is 0 Å². The van der Waals surface area contributed by atoms with Crippen molar-refractivity contribution < 1.29 is 23.1 Å². The van der Waals surface area contributed by atoms with Crippen LogP contribution in [0.1, 0.15) is 22.3 Å². The van der Waals surface area contributed by atoms with Crippen molar-refractivity contribution >= 4 is 17.0 Å². The van der Waals surface area contributed by atoms with E-state index in [2.05, 4.69) is 108 Å². The number of nitrogens with zero attached hydrogens (tertiary/aromatic N) is 1. The van der Waals surface area contributed by atoms with E-state index >= 15 is 0 Å². The molecule has 0 amide bonds. The van der Waals surface area contributed by atoms with E-state index in [1.54, 1.807) is 0 Å². The van der Waals surface area contributed by atoms with Crippen LogP contribution in [0, 0.1) is 6.92 Å². The van der Waals surface area contributed by atoms with Crippen molar-refractivity contribution in [3.8, 4) is 22.5 Å². The Balaban J connectivity index is 0.000000470. The fourth-order valence-corrected chi connectivity index (χ4v) is 4.09. The van der Waals surface area contributed by atoms with Gasteiger partial charge < -0.3 is 21.1 Å². The van der Waals surface area contributed by atoms with Gasteiger partial charge in [0.2, 0.25) is 0 Å². The van der Waals surface area contributed by atoms with Gasteiger partial charge in [-0.05, 0) is 46.4 Å². The molecule has 0 saturated carbocycles. The first-order valence-corrected chi connectivity index (χ1v) is 12.6. The lowest BCUT2D eigenvalue weighted by Gasteiger charge is -2.08. The second-order valence-corrected chi connectivity index (χ2v) is 9.26. The molecule has 206 valence electrons. The van der Waals surface area contributed by atoms with Gasteiger partial charge in [-0.1, -0.05) is 84.9 Å². The highest BCUT2D eigenvalue weighted by atomic mass is 19.4. The molecular weight excluding hydrogens is 517 g/mol. The fraction of sp³-hybridized carbons (Fsp3) is 0.161. The van der Waals surface area contributed by atoms with Crippen LogP contribution in [0.4, 0.5) is 13.2 Å². The zero-order chi connectivity index (χ0) is 28.7. The van der Waals surface area contributed by atoms with Gasteiger partial charge in [-0.15, -0.1) is 0 Å². The molecule has 9 heteroatoms. The largest absolute Gasteiger partial charge is 0.490 e. The highest BCUT2D eigenvalue weighted by molar-refractivity contribution is 5.82. The normalized spacial score (nSPS) is 11.2. The third kappa shape index (κ3) is 7.34. The number of H-pyrrole nitrogens is 1. The maximum atomic E-state index is 10.6. The lowest BCUT2D eigenvalue weighted by molar-refractivity contribution is -0.192. The summed E-state index contributed by atoms with van der Waals surface area (Å²) in [5.41, 5.74) is 16.2. The molecule has 5 rings (SSSR count). The molecule has 1 heterocycles. The molecule has 0 bridgehead atoms. The Labute approximate surface area is 229 Å². The molecule has 5 N–H and O–H groups in total. The van der Waals surface area contributed by atoms with Crippen LogP contribution in [0.15, 0.2) is 91.0 Å². The number of nitrogens with two attached hydrogens (primary N) is 1. The highest BCUT2D eigenvalue weighted by Gasteiger charge is 2.38. The summed E-state index contributed by atoms with van der Waals surface area (Å²) < 4.78 is 31.7. The Bertz CT molecular complexity index is 1560. The minimum atomic E-state index is -5.08. The molecule has 6 nitrogen and oxygen atoms in total. The molecule has 40 heavy (non-hydrogen) atoms. The summed E-state index contributed by atoms with van der Waals surface area (Å²) >= 11 is 0. The Morgan fingerprint density at radius 1 is 0.825 bits per heavy atom. The van der Waals surface area contributed by atoms with E-state index in [0.717, 1.165) is 41.1 Å². The first kappa shape index (κ1) is 28.5. The number of nitrogens with one attached hydrogen (secondary N) is 2. The molecule has 5 aromatic rings. The number of carboxylic acids is 1. The van der Waals surface area contributed by atoms with Gasteiger partial charge >= 0.3 is 12.1 Å². The van der Waals surface area contributed by atoms with E-state index in [-0.39, 0.29) is 0 Å². The fourth-order valence-electron chi connectivity index (χ4n) is 4.09. The van der Waals surface area contributed by atoms with Crippen molar-refractivity contribution in [1.29, 1.82) is 0 Å². The van der Waals surface area contributed by atoms with Crippen molar-refractivity contribution in [2.24, 2.45) is 5.73 Å². The van der Waals surface area contributed by atoms with Gasteiger partial charge in [0.1, 0.15) is 5.82 Å². The molecule has 0 aliphatic rings. The Kier molecular flexibility index (Phi) is 8.98. The average Bonchev–Trinajstić information content (AvgIpc) is 3.40. The number of hydrogen-bond donors (Lipinski definition) is 4. The molecule has 0 aliphatic carbocycles. The zero-order valence-electron chi connectivity index (χ0n) is 21.8. The first-order valence-electron chi connectivity index (χ1n) is 12.6. The van der Waals surface area contributed by atoms with Gasteiger partial charge in [0.15, 0.2) is 0 Å². The van der Waals surface area contributed by atoms with Gasteiger partial charge in [0, 0.05) is 25.2 Å². The predicted octanol–water partition coefficient (Wildman–Crippen LogP) is 6.59. The minimum Gasteiger partial charge on any atom is -0.475 e. The van der Waals surface area contributed by atoms with E-state index in [0.29, 0.717) is 6.54 Å². The van der Waals surface area contributed by atoms with Crippen LogP contribution in [0.25, 0.3) is 33.5 Å². The SMILES string of the molecule is Cc1cccc2[nH]c(-c3ccc(-c4ccc(CNCc5ccc(CN)cc5)cc4)cc3)nc12.O=C(O)C(F)(F)F. The quantitative estimate of drug-likeness (QED) is 0.184. The molecule has 0 atom stereocenters. The van der Waals surface area contributed by atoms with Crippen LogP contribution in [-0.2, 0) is 24.4 Å². The minimum absolute atomic E-state index is 0.586. The number of rotatable bonds is 7. The Morgan fingerprint density at radius 3 is 1.80 bits per heavy atom. The number of para-hydroxylation sites is 1. The summed E-state index contributed by atoms with van der Waals surface area (Å²) in [5, 5.41) is 10.6. The molecule has 1 aromatic heterocycles. The number of imidazole rings is 1. The van der Waals surface area contributed by atoms with Crippen molar-refractivity contribution in [1.82, 2.24) is 15.3 Å². The molecule has 0 radical (unpaired) electrons. The molecule has 0 saturated heterocycles. The molecule has 0 spiro atoms. The topological polar surface area (TPSA) is 104 Å². The number of benzene rings is 4. The summed E-state index contributed by atoms with van der Waals surface area (Å²) in [6, 6.07) is 32.0. The number of carbonyl (C=O) groups is 1. The summed E-state index contributed by atoms with van der Waals surface area (Å²) in [6.45, 7) is 4.36. The van der Waals surface area contributed by atoms with Crippen LogP contribution in [-0.4, -0.2) is 27.2 Å². The van der Waals surface area contributed by atoms with Gasteiger partial charge in [0.05, 0.1) is 11.0 Å². The van der Waals surface area contributed by atoms with Crippen molar-refractivity contribution in [3.05, 3.63) is 113 Å². The van der Waals surface area contributed by atoms with Gasteiger partial charge in [-0.3, -0.25) is 0 Å². The van der Waals surface area contributed by atoms with Crippen LogP contribution in [0.5, 0.6) is 0 Å². The first-order chi connectivity index (χ1) is 19.1. The highest BCUT2D eigenvalue weighted by Crippen LogP contribution is 2.26. The van der Waals surface area contributed by atoms with Gasteiger partial charge in [-0.25, -0.2) is 9.78 Å². The summed E-state index contributed by atoms with van der Waals surface area (Å²) in [5.74, 6) is -1.85. The van der Waals surface area contributed by atoms with Gasteiger partial charge in [-0.2, -0.15) is 13.2 Å². The van der Waals surface area contributed by atoms with Crippen molar-refractivity contribution in [2.45, 2.75) is 32.7 Å². The van der Waals surface area contributed by atoms with Crippen molar-refractivity contribution in [3.63, 3.8) is 0 Å². The summed E-state index contributed by atoms with van der Waals surface area (Å²) in [4.78, 5) is 17.1. The zero-order valence-corrected chi connectivity index (χ0v) is 21.8. The Morgan fingerprint density at radius 2 is 1.30 bits per heavy atom. The Hall–Kier alpha value is -4.47. The van der Waals surface area contributed by atoms with E-state index < -0.39 is 12.1 Å². The second-order valence-electron chi connectivity index (χ2n) is 9.26. The van der Waals surface area contributed by atoms with E-state index in [1.807, 2.05) is 0 Å². The van der Waals surface area contributed by atoms with Crippen LogP contribution in [0.3, 0.4) is 0 Å². The number of fused-ring (bicyclic) bond motifs is 1. The van der Waals surface area contributed by atoms with E-state index in [4.69, 9.17) is 20.6 Å². The van der Waals surface area contributed by atoms with E-state index in [1.165, 1.54) is 27.8 Å². The van der Waals surface area contributed by atoms with Gasteiger partial charge in [0.25, 0.3) is 0 Å². The molecule has 0 fully saturated rings. The number of aliphatic carboxylic acids is 1. The third-order valence-electron chi connectivity index (χ3n) is 6.32. The predicted molar refractivity (Wildman–Crippen MR) is 150 cm³/mol. The standard InChI is InChI=1S/C29H28N4.C2HF3O2/c1-20-3-2-4-27-28(20)33-29(32-27)26-15-13-25(14-16-26)24-11-9-23(10-12-24)19-31-18-22-7-5-21(17-30)6-8-22;3-2(4,5)1(6)7/h2-16,31H,17-19,30H2,1H3,(H,32,33);(H,6,7). The number of aromatic nitrogens is 2. The van der Waals surface area contributed by atoms with Crippen LogP contribution < -0.4 is 11.1 Å². The molecule has 4 aromatic carbocycles. The maximum absolute atomic E-state index is 10.6. The number of aryl methyl sites for hydroxylation is 1. The second kappa shape index (κ2) is 12.6. The maximum Gasteiger partial charge on any atom is 0.490 e. The summed E-state index contributed by atoms with van der Waals surface area (Å²) in [6.07, 6.45) is -5.08. The van der Waals surface area contributed by atoms with E-state index in [9.17, 15) is 13.2 Å². The number of hydrogen-bond acceptors (Lipinski definition) is 4. The number of halogens is 3. The smallest absolute Gasteiger partial charge is 0.475 e. The average molecular weight is 547 g/mol. The number of carboxylic acid groups (broad SMARTS) is 1. The monoisotopic (exact) mass is 546 g/mol. The number of alkyl halides is 3. The lowest BCUT2D eigenvalue weighted by atomic mass is 10.0. The third-order valence-corrected chi connectivity index (χ3v) is 6.32. The summed E-state index contributed by atoms with van der Waals surface area (Å²) in [7, 11) is 0. The lowest BCUT2D eigenvalue weighted by Crippen LogP contribution is -2.21. The molecule has 0 unspecified atom stereocenters.